The fourth-order valence-corrected chi connectivity index (χ4v) is 5.93. The highest BCUT2D eigenvalue weighted by molar-refractivity contribution is 8.00. The van der Waals surface area contributed by atoms with E-state index in [0.29, 0.717) is 16.6 Å². The van der Waals surface area contributed by atoms with Gasteiger partial charge in [-0.2, -0.15) is 17.0 Å². The maximum Gasteiger partial charge on any atom is 0.0667 e. The van der Waals surface area contributed by atoms with Crippen molar-refractivity contribution in [3.8, 4) is 6.07 Å². The summed E-state index contributed by atoms with van der Waals surface area (Å²) < 4.78 is 0. The van der Waals surface area contributed by atoms with Crippen molar-refractivity contribution in [1.82, 2.24) is 0 Å². The third kappa shape index (κ3) is 4.17. The van der Waals surface area contributed by atoms with Gasteiger partial charge in [0, 0.05) is 10.5 Å². The fraction of sp³-hybridized carbons (Fsp3) is 0.944. The Bertz CT molecular complexity index is 351. The molecule has 5 unspecified atom stereocenters. The van der Waals surface area contributed by atoms with Gasteiger partial charge in [-0.25, -0.2) is 0 Å². The first-order valence-electron chi connectivity index (χ1n) is 8.45. The number of hydrogen-bond acceptors (Lipinski definition) is 2. The average molecular weight is 294 g/mol. The van der Waals surface area contributed by atoms with Crippen molar-refractivity contribution >= 4 is 11.8 Å². The first-order chi connectivity index (χ1) is 9.40. The minimum Gasteiger partial charge on any atom is -0.198 e. The third-order valence-corrected chi connectivity index (χ3v) is 7.12. The molecule has 0 aliphatic heterocycles. The lowest BCUT2D eigenvalue weighted by Crippen LogP contribution is -2.34. The van der Waals surface area contributed by atoms with Crippen molar-refractivity contribution in [2.45, 2.75) is 83.1 Å². The van der Waals surface area contributed by atoms with Crippen molar-refractivity contribution in [1.29, 1.82) is 5.26 Å². The van der Waals surface area contributed by atoms with Crippen LogP contribution in [-0.2, 0) is 0 Å². The molecule has 1 nitrogen and oxygen atoms in total. The van der Waals surface area contributed by atoms with Gasteiger partial charge in [0.2, 0.25) is 0 Å². The Hall–Kier alpha value is -0.160. The molecule has 2 saturated carbocycles. The normalized spacial score (nSPS) is 39.2. The molecule has 0 saturated heterocycles. The van der Waals surface area contributed by atoms with E-state index in [1.54, 1.807) is 0 Å². The van der Waals surface area contributed by atoms with Gasteiger partial charge in [-0.1, -0.05) is 40.5 Å². The molecule has 0 amide bonds. The molecule has 0 aromatic rings. The van der Waals surface area contributed by atoms with E-state index >= 15 is 0 Å². The van der Waals surface area contributed by atoms with Crippen LogP contribution in [0.5, 0.6) is 0 Å². The Labute approximate surface area is 129 Å². The topological polar surface area (TPSA) is 23.8 Å². The van der Waals surface area contributed by atoms with Gasteiger partial charge >= 0.3 is 0 Å². The Morgan fingerprint density at radius 3 is 2.40 bits per heavy atom. The molecule has 2 rings (SSSR count). The van der Waals surface area contributed by atoms with E-state index in [-0.39, 0.29) is 0 Å². The molecule has 0 bridgehead atoms. The highest BCUT2D eigenvalue weighted by atomic mass is 32.2. The van der Waals surface area contributed by atoms with Crippen LogP contribution in [0.25, 0.3) is 0 Å². The summed E-state index contributed by atoms with van der Waals surface area (Å²) in [7, 11) is 0. The van der Waals surface area contributed by atoms with Crippen molar-refractivity contribution in [3.63, 3.8) is 0 Å². The second-order valence-corrected chi connectivity index (χ2v) is 9.72. The highest BCUT2D eigenvalue weighted by Gasteiger charge is 2.37. The zero-order chi connectivity index (χ0) is 14.8. The van der Waals surface area contributed by atoms with Gasteiger partial charge in [0.1, 0.15) is 0 Å². The predicted molar refractivity (Wildman–Crippen MR) is 88.7 cm³/mol. The van der Waals surface area contributed by atoms with Crippen molar-refractivity contribution in [2.24, 2.45) is 23.2 Å². The maximum atomic E-state index is 9.47. The van der Waals surface area contributed by atoms with E-state index in [1.165, 1.54) is 38.5 Å². The van der Waals surface area contributed by atoms with Crippen LogP contribution in [0, 0.1) is 34.5 Å². The highest BCUT2D eigenvalue weighted by Crippen LogP contribution is 2.46. The first kappa shape index (κ1) is 16.2. The van der Waals surface area contributed by atoms with Gasteiger partial charge in [0.15, 0.2) is 0 Å². The molecule has 0 aromatic carbocycles. The van der Waals surface area contributed by atoms with Crippen LogP contribution in [0.3, 0.4) is 0 Å². The molecule has 5 atom stereocenters. The van der Waals surface area contributed by atoms with E-state index in [1.807, 2.05) is 0 Å². The maximum absolute atomic E-state index is 9.47. The zero-order valence-electron chi connectivity index (χ0n) is 13.7. The summed E-state index contributed by atoms with van der Waals surface area (Å²) >= 11 is 2.18. The molecule has 0 aromatic heterocycles. The van der Waals surface area contributed by atoms with Crippen LogP contribution in [-0.4, -0.2) is 10.5 Å². The van der Waals surface area contributed by atoms with Crippen LogP contribution in [0.1, 0.15) is 72.6 Å². The van der Waals surface area contributed by atoms with E-state index < -0.39 is 0 Å². The Balaban J connectivity index is 1.97. The monoisotopic (exact) mass is 293 g/mol. The molecule has 2 fully saturated rings. The van der Waals surface area contributed by atoms with Crippen LogP contribution >= 0.6 is 11.8 Å². The third-order valence-electron chi connectivity index (χ3n) is 5.44. The second-order valence-electron chi connectivity index (χ2n) is 8.18. The number of nitriles is 1. The SMILES string of the molecule is CC1CCCC(SC2CC(C(C)(C)C)CCC2C#N)C1. The summed E-state index contributed by atoms with van der Waals surface area (Å²) in [6.45, 7) is 9.51. The molecule has 2 aliphatic carbocycles. The Morgan fingerprint density at radius 1 is 1.05 bits per heavy atom. The molecular weight excluding hydrogens is 262 g/mol. The van der Waals surface area contributed by atoms with Gasteiger partial charge in [-0.15, -0.1) is 0 Å². The number of thioether (sulfide) groups is 1. The minimum absolute atomic E-state index is 0.302. The van der Waals surface area contributed by atoms with Crippen LogP contribution in [0.4, 0.5) is 0 Å². The molecule has 2 heteroatoms. The first-order valence-corrected chi connectivity index (χ1v) is 9.39. The van der Waals surface area contributed by atoms with Gasteiger partial charge in [0.25, 0.3) is 0 Å². The van der Waals surface area contributed by atoms with Crippen LogP contribution in [0.15, 0.2) is 0 Å². The van der Waals surface area contributed by atoms with E-state index in [0.717, 1.165) is 23.5 Å². The van der Waals surface area contributed by atoms with Crippen molar-refractivity contribution < 1.29 is 0 Å². The average Bonchev–Trinajstić information content (AvgIpc) is 2.37. The van der Waals surface area contributed by atoms with Gasteiger partial charge in [-0.3, -0.25) is 0 Å². The van der Waals surface area contributed by atoms with Crippen LogP contribution < -0.4 is 0 Å². The molecule has 2 aliphatic rings. The summed E-state index contributed by atoms with van der Waals surface area (Å²) in [6.07, 6.45) is 9.19. The van der Waals surface area contributed by atoms with Crippen LogP contribution in [0.2, 0.25) is 0 Å². The molecule has 0 radical (unpaired) electrons. The lowest BCUT2D eigenvalue weighted by Gasteiger charge is -2.41. The molecular formula is C18H31NS. The Morgan fingerprint density at radius 2 is 1.80 bits per heavy atom. The molecule has 20 heavy (non-hydrogen) atoms. The molecule has 0 spiro atoms. The number of hydrogen-bond donors (Lipinski definition) is 0. The van der Waals surface area contributed by atoms with E-state index in [9.17, 15) is 5.26 Å². The van der Waals surface area contributed by atoms with Gasteiger partial charge in [-0.05, 0) is 49.4 Å². The fourth-order valence-electron chi connectivity index (χ4n) is 3.96. The summed E-state index contributed by atoms with van der Waals surface area (Å²) in [5, 5.41) is 10.9. The largest absolute Gasteiger partial charge is 0.198 e. The van der Waals surface area contributed by atoms with Gasteiger partial charge < -0.3 is 0 Å². The molecule has 0 N–H and O–H groups in total. The number of nitrogens with zero attached hydrogens (tertiary/aromatic N) is 1. The second kappa shape index (κ2) is 6.73. The Kier molecular flexibility index (Phi) is 5.46. The van der Waals surface area contributed by atoms with Crippen molar-refractivity contribution in [3.05, 3.63) is 0 Å². The predicted octanol–water partition coefficient (Wildman–Crippen LogP) is 5.65. The minimum atomic E-state index is 0.302. The van der Waals surface area contributed by atoms with Gasteiger partial charge in [0.05, 0.1) is 12.0 Å². The zero-order valence-corrected chi connectivity index (χ0v) is 14.5. The van der Waals surface area contributed by atoms with E-state index in [4.69, 9.17) is 0 Å². The summed E-state index contributed by atoms with van der Waals surface area (Å²) in [6, 6.07) is 2.61. The smallest absolute Gasteiger partial charge is 0.0667 e. The number of rotatable bonds is 2. The summed E-state index contributed by atoms with van der Waals surface area (Å²) in [5.41, 5.74) is 0.402. The molecule has 114 valence electrons. The van der Waals surface area contributed by atoms with Crippen molar-refractivity contribution in [2.75, 3.05) is 0 Å². The summed E-state index contributed by atoms with van der Waals surface area (Å²) in [4.78, 5) is 0. The summed E-state index contributed by atoms with van der Waals surface area (Å²) in [5.74, 6) is 1.99. The quantitative estimate of drug-likeness (QED) is 0.656. The standard InChI is InChI=1S/C18H31NS/c1-13-6-5-7-16(10-13)20-17-11-15(18(2,3)4)9-8-14(17)12-19/h13-17H,5-11H2,1-4H3. The molecule has 0 heterocycles. The lowest BCUT2D eigenvalue weighted by atomic mass is 9.70. The lowest BCUT2D eigenvalue weighted by molar-refractivity contribution is 0.168. The van der Waals surface area contributed by atoms with E-state index in [2.05, 4.69) is 45.5 Å².